The Labute approximate surface area is 108 Å². The van der Waals surface area contributed by atoms with E-state index in [1.165, 1.54) is 11.4 Å². The van der Waals surface area contributed by atoms with Crippen molar-refractivity contribution in [2.75, 3.05) is 20.3 Å². The summed E-state index contributed by atoms with van der Waals surface area (Å²) in [6, 6.07) is 14.6. The van der Waals surface area contributed by atoms with Gasteiger partial charge in [-0.15, -0.1) is 0 Å². The normalized spacial score (nSPS) is 10.7. The second-order valence-corrected chi connectivity index (χ2v) is 4.23. The van der Waals surface area contributed by atoms with Crippen LogP contribution in [0.1, 0.15) is 12.1 Å². The summed E-state index contributed by atoms with van der Waals surface area (Å²) in [5.41, 5.74) is 2.48. The molecule has 0 saturated carbocycles. The molecule has 2 rings (SSSR count). The molecule has 0 fully saturated rings. The van der Waals surface area contributed by atoms with Gasteiger partial charge in [0, 0.05) is 37.8 Å². The van der Waals surface area contributed by atoms with Crippen LogP contribution in [0.2, 0.25) is 0 Å². The monoisotopic (exact) mass is 244 g/mol. The molecule has 96 valence electrons. The Morgan fingerprint density at radius 3 is 2.72 bits per heavy atom. The number of hydrogen-bond acceptors (Lipinski definition) is 2. The zero-order chi connectivity index (χ0) is 12.6. The molecule has 0 aliphatic heterocycles. The van der Waals surface area contributed by atoms with Gasteiger partial charge in [-0.1, -0.05) is 18.2 Å². The van der Waals surface area contributed by atoms with Crippen LogP contribution < -0.4 is 5.32 Å². The Morgan fingerprint density at radius 2 is 1.94 bits per heavy atom. The molecular weight excluding hydrogens is 224 g/mol. The molecule has 1 aromatic heterocycles. The summed E-state index contributed by atoms with van der Waals surface area (Å²) in [5.74, 6) is 0. The van der Waals surface area contributed by atoms with Gasteiger partial charge in [-0.05, 0) is 37.2 Å². The zero-order valence-corrected chi connectivity index (χ0v) is 10.8. The second-order valence-electron chi connectivity index (χ2n) is 4.23. The van der Waals surface area contributed by atoms with E-state index < -0.39 is 0 Å². The van der Waals surface area contributed by atoms with Crippen LogP contribution in [0, 0.1) is 0 Å². The third kappa shape index (κ3) is 3.45. The Hall–Kier alpha value is -1.58. The third-order valence-corrected chi connectivity index (χ3v) is 2.88. The lowest BCUT2D eigenvalue weighted by Crippen LogP contribution is -2.18. The maximum atomic E-state index is 5.03. The van der Waals surface area contributed by atoms with E-state index in [0.717, 1.165) is 26.1 Å². The van der Waals surface area contributed by atoms with Gasteiger partial charge in [0.15, 0.2) is 0 Å². The molecule has 0 unspecified atom stereocenters. The van der Waals surface area contributed by atoms with Gasteiger partial charge in [0.2, 0.25) is 0 Å². The van der Waals surface area contributed by atoms with E-state index >= 15 is 0 Å². The summed E-state index contributed by atoms with van der Waals surface area (Å²) in [6.45, 7) is 2.67. The minimum absolute atomic E-state index is 0.812. The maximum Gasteiger partial charge on any atom is 0.0474 e. The molecule has 0 bridgehead atoms. The molecule has 3 nitrogen and oxygen atoms in total. The molecule has 1 N–H and O–H groups in total. The number of ether oxygens (including phenoxy) is 1. The number of hydrogen-bond donors (Lipinski definition) is 1. The Balaban J connectivity index is 1.92. The SMILES string of the molecule is COCCCNCc1cccn1-c1ccccc1. The zero-order valence-electron chi connectivity index (χ0n) is 10.8. The van der Waals surface area contributed by atoms with E-state index in [0.29, 0.717) is 0 Å². The van der Waals surface area contributed by atoms with Gasteiger partial charge in [0.25, 0.3) is 0 Å². The molecule has 0 aliphatic rings. The summed E-state index contributed by atoms with van der Waals surface area (Å²) in [6.07, 6.45) is 3.14. The number of nitrogens with zero attached hydrogens (tertiary/aromatic N) is 1. The fraction of sp³-hybridized carbons (Fsp3) is 0.333. The van der Waals surface area contributed by atoms with Gasteiger partial charge in [-0.2, -0.15) is 0 Å². The molecule has 1 aromatic carbocycles. The molecule has 0 spiro atoms. The molecule has 2 aromatic rings. The smallest absolute Gasteiger partial charge is 0.0474 e. The predicted molar refractivity (Wildman–Crippen MR) is 74.0 cm³/mol. The number of benzene rings is 1. The second kappa shape index (κ2) is 6.99. The van der Waals surface area contributed by atoms with Crippen LogP contribution in [-0.4, -0.2) is 24.8 Å². The highest BCUT2D eigenvalue weighted by atomic mass is 16.5. The van der Waals surface area contributed by atoms with E-state index in [-0.39, 0.29) is 0 Å². The van der Waals surface area contributed by atoms with Gasteiger partial charge < -0.3 is 14.6 Å². The summed E-state index contributed by atoms with van der Waals surface area (Å²) >= 11 is 0. The van der Waals surface area contributed by atoms with Crippen LogP contribution in [0.5, 0.6) is 0 Å². The van der Waals surface area contributed by atoms with Crippen LogP contribution >= 0.6 is 0 Å². The molecule has 0 atom stereocenters. The van der Waals surface area contributed by atoms with Crippen LogP contribution in [0.4, 0.5) is 0 Å². The first-order chi connectivity index (χ1) is 8.92. The molecule has 3 heteroatoms. The van der Waals surface area contributed by atoms with Crippen molar-refractivity contribution in [2.45, 2.75) is 13.0 Å². The van der Waals surface area contributed by atoms with E-state index in [9.17, 15) is 0 Å². The molecule has 0 amide bonds. The number of para-hydroxylation sites is 1. The van der Waals surface area contributed by atoms with Crippen molar-refractivity contribution >= 4 is 0 Å². The van der Waals surface area contributed by atoms with Gasteiger partial charge in [0.1, 0.15) is 0 Å². The first kappa shape index (κ1) is 12.9. The van der Waals surface area contributed by atoms with Crippen molar-refractivity contribution < 1.29 is 4.74 Å². The molecule has 0 saturated heterocycles. The Kier molecular flexibility index (Phi) is 5.00. The largest absolute Gasteiger partial charge is 0.385 e. The fourth-order valence-corrected chi connectivity index (χ4v) is 1.96. The van der Waals surface area contributed by atoms with E-state index in [1.807, 2.05) is 6.07 Å². The lowest BCUT2D eigenvalue weighted by molar-refractivity contribution is 0.194. The number of aromatic nitrogens is 1. The minimum Gasteiger partial charge on any atom is -0.385 e. The average Bonchev–Trinajstić information content (AvgIpc) is 2.88. The molecular formula is C15H20N2O. The Morgan fingerprint density at radius 1 is 1.11 bits per heavy atom. The highest BCUT2D eigenvalue weighted by molar-refractivity contribution is 5.34. The summed E-state index contributed by atoms with van der Waals surface area (Å²) in [7, 11) is 1.74. The first-order valence-electron chi connectivity index (χ1n) is 6.33. The first-order valence-corrected chi connectivity index (χ1v) is 6.33. The Bertz CT molecular complexity index is 451. The molecule has 18 heavy (non-hydrogen) atoms. The van der Waals surface area contributed by atoms with Gasteiger partial charge in [-0.3, -0.25) is 0 Å². The summed E-state index contributed by atoms with van der Waals surface area (Å²) in [4.78, 5) is 0. The van der Waals surface area contributed by atoms with Crippen molar-refractivity contribution in [1.82, 2.24) is 9.88 Å². The lowest BCUT2D eigenvalue weighted by Gasteiger charge is -2.10. The van der Waals surface area contributed by atoms with Gasteiger partial charge in [0.05, 0.1) is 0 Å². The van der Waals surface area contributed by atoms with Crippen molar-refractivity contribution in [1.29, 1.82) is 0 Å². The number of methoxy groups -OCH3 is 1. The van der Waals surface area contributed by atoms with E-state index in [2.05, 4.69) is 52.5 Å². The van der Waals surface area contributed by atoms with Crippen LogP contribution in [0.3, 0.4) is 0 Å². The third-order valence-electron chi connectivity index (χ3n) is 2.88. The quantitative estimate of drug-likeness (QED) is 0.758. The predicted octanol–water partition coefficient (Wildman–Crippen LogP) is 2.60. The minimum atomic E-state index is 0.812. The highest BCUT2D eigenvalue weighted by Gasteiger charge is 2.01. The van der Waals surface area contributed by atoms with E-state index in [4.69, 9.17) is 4.74 Å². The summed E-state index contributed by atoms with van der Waals surface area (Å²) < 4.78 is 7.24. The maximum absolute atomic E-state index is 5.03. The van der Waals surface area contributed by atoms with Crippen LogP contribution in [0.25, 0.3) is 5.69 Å². The topological polar surface area (TPSA) is 26.2 Å². The van der Waals surface area contributed by atoms with Crippen LogP contribution in [0.15, 0.2) is 48.7 Å². The van der Waals surface area contributed by atoms with Crippen molar-refractivity contribution in [3.63, 3.8) is 0 Å². The standard InChI is InChI=1S/C15H20N2O/c1-18-12-6-10-16-13-15-9-5-11-17(15)14-7-3-2-4-8-14/h2-5,7-9,11,16H,6,10,12-13H2,1H3. The molecule has 1 heterocycles. The van der Waals surface area contributed by atoms with E-state index in [1.54, 1.807) is 7.11 Å². The van der Waals surface area contributed by atoms with Crippen molar-refractivity contribution in [3.05, 3.63) is 54.4 Å². The fourth-order valence-electron chi connectivity index (χ4n) is 1.96. The average molecular weight is 244 g/mol. The number of nitrogens with one attached hydrogen (secondary N) is 1. The van der Waals surface area contributed by atoms with Crippen LogP contribution in [-0.2, 0) is 11.3 Å². The molecule has 0 radical (unpaired) electrons. The lowest BCUT2D eigenvalue weighted by atomic mass is 10.3. The van der Waals surface area contributed by atoms with Crippen molar-refractivity contribution in [2.24, 2.45) is 0 Å². The summed E-state index contributed by atoms with van der Waals surface area (Å²) in [5, 5.41) is 3.43. The van der Waals surface area contributed by atoms with Gasteiger partial charge >= 0.3 is 0 Å². The highest BCUT2D eigenvalue weighted by Crippen LogP contribution is 2.11. The van der Waals surface area contributed by atoms with Gasteiger partial charge in [-0.25, -0.2) is 0 Å². The number of rotatable bonds is 7. The molecule has 0 aliphatic carbocycles. The van der Waals surface area contributed by atoms with Crippen molar-refractivity contribution in [3.8, 4) is 5.69 Å².